The molecule has 0 fully saturated rings. The van der Waals surface area contributed by atoms with E-state index in [1.165, 1.54) is 12.1 Å². The second-order valence-corrected chi connectivity index (χ2v) is 3.97. The van der Waals surface area contributed by atoms with Gasteiger partial charge in [0.2, 0.25) is 0 Å². The van der Waals surface area contributed by atoms with Crippen LogP contribution < -0.4 is 0 Å². The van der Waals surface area contributed by atoms with Gasteiger partial charge in [0.15, 0.2) is 0 Å². The summed E-state index contributed by atoms with van der Waals surface area (Å²) < 4.78 is 12.7. The lowest BCUT2D eigenvalue weighted by Crippen LogP contribution is -1.99. The fraction of sp³-hybridized carbons (Fsp3) is 0.214. The van der Waals surface area contributed by atoms with Crippen LogP contribution in [0, 0.1) is 5.82 Å². The molecule has 1 heterocycles. The van der Waals surface area contributed by atoms with Crippen LogP contribution in [-0.4, -0.2) is 10.1 Å². The predicted molar refractivity (Wildman–Crippen MR) is 63.9 cm³/mol. The molecule has 0 spiro atoms. The molecule has 17 heavy (non-hydrogen) atoms. The molecular formula is C14H14FNO. The van der Waals surface area contributed by atoms with Crippen molar-refractivity contribution in [3.05, 3.63) is 65.7 Å². The highest BCUT2D eigenvalue weighted by molar-refractivity contribution is 5.19. The molecule has 0 saturated carbocycles. The van der Waals surface area contributed by atoms with Crippen molar-refractivity contribution in [1.29, 1.82) is 0 Å². The van der Waals surface area contributed by atoms with E-state index in [9.17, 15) is 9.50 Å². The molecule has 2 nitrogen and oxygen atoms in total. The molecular weight excluding hydrogens is 217 g/mol. The van der Waals surface area contributed by atoms with Crippen molar-refractivity contribution in [2.75, 3.05) is 0 Å². The number of rotatable bonds is 4. The number of nitrogens with zero attached hydrogens (tertiary/aromatic N) is 1. The summed E-state index contributed by atoms with van der Waals surface area (Å²) in [4.78, 5) is 4.02. The summed E-state index contributed by atoms with van der Waals surface area (Å²) >= 11 is 0. The number of aryl methyl sites for hydroxylation is 1. The smallest absolute Gasteiger partial charge is 0.123 e. The van der Waals surface area contributed by atoms with E-state index in [0.717, 1.165) is 17.5 Å². The minimum absolute atomic E-state index is 0.284. The average molecular weight is 231 g/mol. The molecule has 1 N–H and O–H groups in total. The number of aliphatic hydroxyl groups is 1. The van der Waals surface area contributed by atoms with Crippen molar-refractivity contribution >= 4 is 0 Å². The zero-order valence-corrected chi connectivity index (χ0v) is 9.38. The van der Waals surface area contributed by atoms with E-state index in [0.29, 0.717) is 6.42 Å². The SMILES string of the molecule is OC(CCc1cccnc1)c1ccc(F)cc1. The van der Waals surface area contributed by atoms with Gasteiger partial charge in [-0.3, -0.25) is 4.98 Å². The van der Waals surface area contributed by atoms with Crippen LogP contribution in [0.3, 0.4) is 0 Å². The Labute approximate surface area is 99.8 Å². The molecule has 0 aliphatic carbocycles. The standard InChI is InChI=1S/C14H14FNO/c15-13-6-4-12(5-7-13)14(17)8-3-11-2-1-9-16-10-11/h1-2,4-7,9-10,14,17H,3,8H2. The Kier molecular flexibility index (Phi) is 3.83. The number of pyridine rings is 1. The van der Waals surface area contributed by atoms with Crippen molar-refractivity contribution in [3.8, 4) is 0 Å². The molecule has 1 atom stereocenters. The van der Waals surface area contributed by atoms with Gasteiger partial charge in [-0.2, -0.15) is 0 Å². The quantitative estimate of drug-likeness (QED) is 0.877. The van der Waals surface area contributed by atoms with Gasteiger partial charge in [0.05, 0.1) is 6.10 Å². The number of benzene rings is 1. The van der Waals surface area contributed by atoms with Gasteiger partial charge in [-0.05, 0) is 42.2 Å². The van der Waals surface area contributed by atoms with E-state index in [1.807, 2.05) is 12.1 Å². The van der Waals surface area contributed by atoms with E-state index in [4.69, 9.17) is 0 Å². The first-order valence-corrected chi connectivity index (χ1v) is 5.58. The summed E-state index contributed by atoms with van der Waals surface area (Å²) in [6.45, 7) is 0. The van der Waals surface area contributed by atoms with Crippen molar-refractivity contribution in [1.82, 2.24) is 4.98 Å². The largest absolute Gasteiger partial charge is 0.388 e. The van der Waals surface area contributed by atoms with Gasteiger partial charge < -0.3 is 5.11 Å². The number of halogens is 1. The Morgan fingerprint density at radius 1 is 1.18 bits per heavy atom. The Balaban J connectivity index is 1.93. The summed E-state index contributed by atoms with van der Waals surface area (Å²) in [5.41, 5.74) is 1.84. The van der Waals surface area contributed by atoms with Gasteiger partial charge in [-0.15, -0.1) is 0 Å². The minimum atomic E-state index is -0.559. The Bertz CT molecular complexity index is 455. The molecule has 0 saturated heterocycles. The molecule has 0 radical (unpaired) electrons. The Morgan fingerprint density at radius 2 is 1.94 bits per heavy atom. The second kappa shape index (κ2) is 5.55. The van der Waals surface area contributed by atoms with Crippen LogP contribution in [0.2, 0.25) is 0 Å². The molecule has 3 heteroatoms. The zero-order chi connectivity index (χ0) is 12.1. The molecule has 1 aromatic heterocycles. The van der Waals surface area contributed by atoms with Crippen LogP contribution >= 0.6 is 0 Å². The monoisotopic (exact) mass is 231 g/mol. The highest BCUT2D eigenvalue weighted by Gasteiger charge is 2.07. The van der Waals surface area contributed by atoms with E-state index in [-0.39, 0.29) is 5.82 Å². The third-order valence-electron chi connectivity index (χ3n) is 2.68. The summed E-state index contributed by atoms with van der Waals surface area (Å²) in [6, 6.07) is 9.81. The topological polar surface area (TPSA) is 33.1 Å². The summed E-state index contributed by atoms with van der Waals surface area (Å²) in [7, 11) is 0. The molecule has 1 unspecified atom stereocenters. The normalized spacial score (nSPS) is 12.4. The zero-order valence-electron chi connectivity index (χ0n) is 9.38. The van der Waals surface area contributed by atoms with Crippen molar-refractivity contribution in [3.63, 3.8) is 0 Å². The van der Waals surface area contributed by atoms with Crippen LogP contribution in [-0.2, 0) is 6.42 Å². The fourth-order valence-electron chi connectivity index (χ4n) is 1.70. The Morgan fingerprint density at radius 3 is 2.59 bits per heavy atom. The molecule has 2 rings (SSSR count). The Hall–Kier alpha value is -1.74. The number of aromatic nitrogens is 1. The van der Waals surface area contributed by atoms with E-state index in [1.54, 1.807) is 24.5 Å². The van der Waals surface area contributed by atoms with E-state index < -0.39 is 6.10 Å². The maximum absolute atomic E-state index is 12.7. The highest BCUT2D eigenvalue weighted by Crippen LogP contribution is 2.18. The van der Waals surface area contributed by atoms with E-state index in [2.05, 4.69) is 4.98 Å². The first-order valence-electron chi connectivity index (χ1n) is 5.58. The molecule has 0 aliphatic heterocycles. The maximum atomic E-state index is 12.7. The van der Waals surface area contributed by atoms with Gasteiger partial charge in [-0.1, -0.05) is 18.2 Å². The first-order chi connectivity index (χ1) is 8.25. The number of hydrogen-bond acceptors (Lipinski definition) is 2. The van der Waals surface area contributed by atoms with Crippen molar-refractivity contribution in [2.24, 2.45) is 0 Å². The van der Waals surface area contributed by atoms with E-state index >= 15 is 0 Å². The van der Waals surface area contributed by atoms with Crippen LogP contribution in [0.25, 0.3) is 0 Å². The fourth-order valence-corrected chi connectivity index (χ4v) is 1.70. The van der Waals surface area contributed by atoms with Crippen LogP contribution in [0.5, 0.6) is 0 Å². The lowest BCUT2D eigenvalue weighted by molar-refractivity contribution is 0.167. The van der Waals surface area contributed by atoms with Crippen LogP contribution in [0.1, 0.15) is 23.7 Å². The molecule has 0 aliphatic rings. The number of aliphatic hydroxyl groups excluding tert-OH is 1. The minimum Gasteiger partial charge on any atom is -0.388 e. The van der Waals surface area contributed by atoms with Gasteiger partial charge >= 0.3 is 0 Å². The van der Waals surface area contributed by atoms with Gasteiger partial charge in [-0.25, -0.2) is 4.39 Å². The number of hydrogen-bond donors (Lipinski definition) is 1. The third kappa shape index (κ3) is 3.36. The highest BCUT2D eigenvalue weighted by atomic mass is 19.1. The molecule has 1 aromatic carbocycles. The maximum Gasteiger partial charge on any atom is 0.123 e. The average Bonchev–Trinajstić information content (AvgIpc) is 2.38. The van der Waals surface area contributed by atoms with Gasteiger partial charge in [0, 0.05) is 12.4 Å². The third-order valence-corrected chi connectivity index (χ3v) is 2.68. The van der Waals surface area contributed by atoms with Crippen molar-refractivity contribution < 1.29 is 9.50 Å². The van der Waals surface area contributed by atoms with Crippen LogP contribution in [0.4, 0.5) is 4.39 Å². The van der Waals surface area contributed by atoms with Gasteiger partial charge in [0.25, 0.3) is 0 Å². The summed E-state index contributed by atoms with van der Waals surface area (Å²) in [6.07, 6.45) is 4.32. The van der Waals surface area contributed by atoms with Gasteiger partial charge in [0.1, 0.15) is 5.82 Å². The first kappa shape index (κ1) is 11.7. The predicted octanol–water partition coefficient (Wildman–Crippen LogP) is 2.89. The second-order valence-electron chi connectivity index (χ2n) is 3.97. The summed E-state index contributed by atoms with van der Waals surface area (Å²) in [5.74, 6) is -0.284. The molecule has 2 aromatic rings. The van der Waals surface area contributed by atoms with Crippen LogP contribution in [0.15, 0.2) is 48.8 Å². The molecule has 0 amide bonds. The lowest BCUT2D eigenvalue weighted by Gasteiger charge is -2.10. The van der Waals surface area contributed by atoms with Crippen molar-refractivity contribution in [2.45, 2.75) is 18.9 Å². The molecule has 88 valence electrons. The molecule has 0 bridgehead atoms. The summed E-state index contributed by atoms with van der Waals surface area (Å²) in [5, 5.41) is 9.93. The lowest BCUT2D eigenvalue weighted by atomic mass is 10.0.